The van der Waals surface area contributed by atoms with Gasteiger partial charge in [-0.3, -0.25) is 37.5 Å². The lowest BCUT2D eigenvalue weighted by atomic mass is 9.98. The molecule has 51 heavy (non-hydrogen) atoms. The number of esters is 2. The minimum Gasteiger partial charge on any atom is -0.438 e. The minimum atomic E-state index is -4.45. The van der Waals surface area contributed by atoms with Gasteiger partial charge in [-0.05, 0) is 82.2 Å². The molecule has 1 aliphatic rings. The molecule has 2 rings (SSSR count). The normalized spacial score (nSPS) is 22.1. The molecule has 0 aliphatic carbocycles. The Labute approximate surface area is 299 Å². The van der Waals surface area contributed by atoms with Gasteiger partial charge in [0.1, 0.15) is 18.8 Å². The topological polar surface area (TPSA) is 178 Å². The zero-order valence-electron chi connectivity index (χ0n) is 31.0. The number of nitrogens with one attached hydrogen (secondary N) is 1. The van der Waals surface area contributed by atoms with Crippen molar-refractivity contribution < 1.29 is 50.9 Å². The number of nitrogens with zero attached hydrogens (tertiary/aromatic N) is 3. The van der Waals surface area contributed by atoms with Crippen molar-refractivity contribution in [2.24, 2.45) is 10.8 Å². The number of aromatic nitrogens is 2. The molecule has 1 aromatic rings. The van der Waals surface area contributed by atoms with Gasteiger partial charge < -0.3 is 28.1 Å². The molecule has 1 N–H and O–H groups in total. The van der Waals surface area contributed by atoms with E-state index in [9.17, 15) is 23.7 Å². The lowest BCUT2D eigenvalue weighted by Gasteiger charge is -2.38. The number of carbonyl (C=O) groups is 2. The lowest BCUT2D eigenvalue weighted by Crippen LogP contribution is -2.45. The molecule has 2 heterocycles. The van der Waals surface area contributed by atoms with Gasteiger partial charge in [-0.1, -0.05) is 0 Å². The van der Waals surface area contributed by atoms with E-state index in [-0.39, 0.29) is 25.2 Å². The monoisotopic (exact) mass is 764 g/mol. The van der Waals surface area contributed by atoms with E-state index in [1.807, 2.05) is 32.4 Å². The van der Waals surface area contributed by atoms with Crippen LogP contribution in [0.3, 0.4) is 0 Å². The summed E-state index contributed by atoms with van der Waals surface area (Å²) in [6, 6.07) is 0.711. The number of alkyl halides is 1. The highest BCUT2D eigenvalue weighted by Crippen LogP contribution is 2.55. The van der Waals surface area contributed by atoms with Crippen LogP contribution in [-0.4, -0.2) is 82.9 Å². The molecule has 0 saturated carbocycles. The first-order chi connectivity index (χ1) is 23.4. The van der Waals surface area contributed by atoms with E-state index >= 15 is 4.39 Å². The summed E-state index contributed by atoms with van der Waals surface area (Å²) in [5, 5.41) is 0. The third kappa shape index (κ3) is 12.7. The third-order valence-electron chi connectivity index (χ3n) is 7.11. The van der Waals surface area contributed by atoms with Crippen molar-refractivity contribution in [2.75, 3.05) is 26.7 Å². The van der Waals surface area contributed by atoms with Crippen LogP contribution in [0.1, 0.15) is 82.4 Å². The number of carbonyl (C=O) groups excluding carboxylic acids is 2. The molecule has 1 fully saturated rings. The van der Waals surface area contributed by atoms with E-state index in [1.165, 1.54) is 0 Å². The molecule has 1 saturated heterocycles. The fraction of sp³-hybridized carbons (Fsp3) is 0.719. The second-order valence-corrected chi connectivity index (χ2v) is 17.7. The average Bonchev–Trinajstić information content (AvgIpc) is 3.23. The molecule has 2 unspecified atom stereocenters. The first-order valence-electron chi connectivity index (χ1n) is 16.2. The molecule has 0 amide bonds. The molecule has 288 valence electrons. The molecule has 0 aromatic carbocycles. The van der Waals surface area contributed by atoms with E-state index in [0.717, 1.165) is 35.6 Å². The molecule has 1 aliphatic heterocycles. The number of hydrogen-bond donors (Lipinski definition) is 1. The van der Waals surface area contributed by atoms with Crippen LogP contribution in [0.15, 0.2) is 33.7 Å². The Hall–Kier alpha value is -2.80. The van der Waals surface area contributed by atoms with Crippen LogP contribution in [0.5, 0.6) is 0 Å². The van der Waals surface area contributed by atoms with E-state index in [0.29, 0.717) is 0 Å². The molecule has 16 nitrogen and oxygen atoms in total. The molecule has 5 atom stereocenters. The highest BCUT2D eigenvalue weighted by atomic mass is 31.2. The molecule has 0 radical (unpaired) electrons. The number of aromatic amines is 1. The summed E-state index contributed by atoms with van der Waals surface area (Å²) in [5.74, 6) is -0.417. The zero-order valence-corrected chi connectivity index (χ0v) is 32.8. The van der Waals surface area contributed by atoms with E-state index in [1.54, 1.807) is 41.5 Å². The van der Waals surface area contributed by atoms with Crippen molar-refractivity contribution in [1.29, 1.82) is 0 Å². The number of rotatable bonds is 17. The maximum absolute atomic E-state index is 17.1. The van der Waals surface area contributed by atoms with Gasteiger partial charge in [-0.25, -0.2) is 20.4 Å². The van der Waals surface area contributed by atoms with Gasteiger partial charge in [0, 0.05) is 30.2 Å². The Bertz CT molecular complexity index is 1530. The Morgan fingerprint density at radius 3 is 2.08 bits per heavy atom. The standard InChI is InChI=1S/C32H51FN4O12P2/c1-21(2)37(22(3)4)50(45-17-15-34-12)49-25-23(48-26(32(25,11)33)36-16-13-24(38)35-29(36)41)14-18-51(42,46-19-43-27(39)30(5,6)7)47-20-44-28(40)31(8,9)10/h13-14,16,18,21-23,25-26H,15,17,19-20H2,1-11H3,(H,35,38,41)/b18-14-/t23-,25?,26-,32-,50?/m1/s1. The first-order valence-corrected chi connectivity index (χ1v) is 19.0. The molecule has 0 spiro atoms. The summed E-state index contributed by atoms with van der Waals surface area (Å²) in [7, 11) is -6.51. The van der Waals surface area contributed by atoms with E-state index in [4.69, 9.17) is 38.9 Å². The molecular formula is C32H51FN4O12P2. The fourth-order valence-corrected chi connectivity index (χ4v) is 7.36. The Morgan fingerprint density at radius 1 is 1.10 bits per heavy atom. The average molecular weight is 765 g/mol. The maximum Gasteiger partial charge on any atom is 0.359 e. The van der Waals surface area contributed by atoms with Crippen molar-refractivity contribution in [3.8, 4) is 0 Å². The van der Waals surface area contributed by atoms with Gasteiger partial charge in [-0.15, -0.1) is 0 Å². The van der Waals surface area contributed by atoms with Gasteiger partial charge in [0.15, 0.2) is 11.9 Å². The van der Waals surface area contributed by atoms with Crippen molar-refractivity contribution in [3.63, 3.8) is 0 Å². The summed E-state index contributed by atoms with van der Waals surface area (Å²) >= 11 is 0. The van der Waals surface area contributed by atoms with Crippen molar-refractivity contribution in [1.82, 2.24) is 14.2 Å². The quantitative estimate of drug-likeness (QED) is 0.0676. The van der Waals surface area contributed by atoms with Crippen LogP contribution in [0.2, 0.25) is 0 Å². The van der Waals surface area contributed by atoms with Crippen LogP contribution < -0.4 is 11.2 Å². The number of halogens is 1. The highest BCUT2D eigenvalue weighted by molar-refractivity contribution is 7.57. The smallest absolute Gasteiger partial charge is 0.359 e. The SMILES string of the molecule is [C-]#[N+]CCOP(OC1[C@@H](/C=C\P(=O)(OCOC(=O)C(C)(C)C)OCOC(=O)C(C)(C)C)O[C@@H](n2ccc(=O)[nH]c2=O)[C@]1(C)F)N(C(C)C)C(C)C. The number of ether oxygens (including phenoxy) is 3. The summed E-state index contributed by atoms with van der Waals surface area (Å²) in [4.78, 5) is 54.6. The predicted molar refractivity (Wildman–Crippen MR) is 186 cm³/mol. The van der Waals surface area contributed by atoms with Gasteiger partial charge in [-0.2, -0.15) is 0 Å². The first kappa shape index (κ1) is 44.4. The van der Waals surface area contributed by atoms with Gasteiger partial charge >= 0.3 is 25.2 Å². The number of hydrogen-bond acceptors (Lipinski definition) is 13. The van der Waals surface area contributed by atoms with E-state index in [2.05, 4.69) is 9.83 Å². The third-order valence-corrected chi connectivity index (χ3v) is 10.7. The minimum absolute atomic E-state index is 0.0104. The van der Waals surface area contributed by atoms with Gasteiger partial charge in [0.25, 0.3) is 14.1 Å². The van der Waals surface area contributed by atoms with Crippen LogP contribution in [0.4, 0.5) is 4.39 Å². The van der Waals surface area contributed by atoms with Crippen LogP contribution in [-0.2, 0) is 46.5 Å². The summed E-state index contributed by atoms with van der Waals surface area (Å²) in [6.45, 7) is 23.8. The summed E-state index contributed by atoms with van der Waals surface area (Å²) < 4.78 is 73.1. The van der Waals surface area contributed by atoms with Crippen molar-refractivity contribution in [2.45, 2.75) is 112 Å². The Morgan fingerprint density at radius 2 is 1.63 bits per heavy atom. The number of H-pyrrole nitrogens is 1. The Kier molecular flexibility index (Phi) is 15.9. The fourth-order valence-electron chi connectivity index (χ4n) is 4.51. The lowest BCUT2D eigenvalue weighted by molar-refractivity contribution is -0.161. The van der Waals surface area contributed by atoms with Crippen LogP contribution in [0, 0.1) is 17.4 Å². The predicted octanol–water partition coefficient (Wildman–Crippen LogP) is 5.66. The highest BCUT2D eigenvalue weighted by Gasteiger charge is 2.58. The second-order valence-electron chi connectivity index (χ2n) is 14.4. The molecular weight excluding hydrogens is 713 g/mol. The van der Waals surface area contributed by atoms with Gasteiger partial charge in [0.05, 0.1) is 10.8 Å². The largest absolute Gasteiger partial charge is 0.438 e. The van der Waals surface area contributed by atoms with E-state index < -0.39 is 87.8 Å². The summed E-state index contributed by atoms with van der Waals surface area (Å²) in [6.07, 6.45) is -2.42. The molecule has 19 heteroatoms. The molecule has 1 aromatic heterocycles. The second kappa shape index (κ2) is 18.3. The molecule has 0 bridgehead atoms. The zero-order chi connectivity index (χ0) is 38.9. The van der Waals surface area contributed by atoms with Crippen molar-refractivity contribution in [3.05, 3.63) is 56.4 Å². The van der Waals surface area contributed by atoms with Gasteiger partial charge in [0.2, 0.25) is 20.1 Å². The Balaban J connectivity index is 2.60. The van der Waals surface area contributed by atoms with Crippen LogP contribution in [0.25, 0.3) is 4.85 Å². The van der Waals surface area contributed by atoms with Crippen molar-refractivity contribution >= 4 is 28.1 Å². The van der Waals surface area contributed by atoms with Crippen LogP contribution >= 0.6 is 16.1 Å². The maximum atomic E-state index is 17.1. The summed E-state index contributed by atoms with van der Waals surface area (Å²) in [5.41, 5.74) is -6.00.